The Kier molecular flexibility index (Phi) is 5.15. The van der Waals surface area contributed by atoms with E-state index < -0.39 is 6.17 Å². The molecule has 1 amide bonds. The molecule has 1 rings (SSSR count). The summed E-state index contributed by atoms with van der Waals surface area (Å²) >= 11 is 0. The van der Waals surface area contributed by atoms with Crippen LogP contribution < -0.4 is 5.32 Å². The van der Waals surface area contributed by atoms with Crippen LogP contribution in [0, 0.1) is 5.92 Å². The van der Waals surface area contributed by atoms with Crippen molar-refractivity contribution in [3.63, 3.8) is 0 Å². The standard InChI is InChI=1S/C11H21FN2O2/c1-8(2)10(13-7-16-3)11(15)14-5-4-9(12)6-14/h8-10,13H,4-7H2,1-3H3. The van der Waals surface area contributed by atoms with Crippen molar-refractivity contribution in [1.29, 1.82) is 0 Å². The van der Waals surface area contributed by atoms with Crippen molar-refractivity contribution in [2.24, 2.45) is 5.92 Å². The van der Waals surface area contributed by atoms with Crippen LogP contribution in [0.5, 0.6) is 0 Å². The second-order valence-corrected chi connectivity index (χ2v) is 4.53. The van der Waals surface area contributed by atoms with Gasteiger partial charge in [0.25, 0.3) is 0 Å². The fraction of sp³-hybridized carbons (Fsp3) is 0.909. The molecule has 0 aromatic rings. The zero-order valence-electron chi connectivity index (χ0n) is 10.2. The quantitative estimate of drug-likeness (QED) is 0.712. The summed E-state index contributed by atoms with van der Waals surface area (Å²) in [4.78, 5) is 13.7. The van der Waals surface area contributed by atoms with Gasteiger partial charge in [-0.2, -0.15) is 0 Å². The molecule has 0 radical (unpaired) electrons. The summed E-state index contributed by atoms with van der Waals surface area (Å²) in [7, 11) is 1.57. The Bertz CT molecular complexity index is 236. The number of carbonyl (C=O) groups excluding carboxylic acids is 1. The third kappa shape index (κ3) is 3.42. The van der Waals surface area contributed by atoms with Crippen molar-refractivity contribution in [1.82, 2.24) is 10.2 Å². The van der Waals surface area contributed by atoms with Crippen molar-refractivity contribution < 1.29 is 13.9 Å². The number of methoxy groups -OCH3 is 1. The molecule has 0 saturated carbocycles. The van der Waals surface area contributed by atoms with Gasteiger partial charge in [0.05, 0.1) is 19.3 Å². The number of hydrogen-bond acceptors (Lipinski definition) is 3. The first kappa shape index (κ1) is 13.4. The van der Waals surface area contributed by atoms with Gasteiger partial charge in [-0.1, -0.05) is 13.8 Å². The second kappa shape index (κ2) is 6.15. The normalized spacial score (nSPS) is 22.8. The number of carbonyl (C=O) groups is 1. The van der Waals surface area contributed by atoms with E-state index in [0.717, 1.165) is 0 Å². The van der Waals surface area contributed by atoms with E-state index in [1.807, 2.05) is 13.8 Å². The number of hydrogen-bond donors (Lipinski definition) is 1. The first-order valence-electron chi connectivity index (χ1n) is 5.71. The third-order valence-electron chi connectivity index (χ3n) is 2.82. The van der Waals surface area contributed by atoms with Crippen molar-refractivity contribution in [2.45, 2.75) is 32.5 Å². The molecule has 2 atom stereocenters. The van der Waals surface area contributed by atoms with E-state index in [2.05, 4.69) is 5.32 Å². The van der Waals surface area contributed by atoms with Gasteiger partial charge in [0.1, 0.15) is 6.17 Å². The molecule has 1 aliphatic rings. The van der Waals surface area contributed by atoms with Gasteiger partial charge >= 0.3 is 0 Å². The van der Waals surface area contributed by atoms with Crippen molar-refractivity contribution in [3.05, 3.63) is 0 Å². The molecule has 0 bridgehead atoms. The van der Waals surface area contributed by atoms with E-state index in [1.54, 1.807) is 12.0 Å². The topological polar surface area (TPSA) is 41.6 Å². The fourth-order valence-corrected chi connectivity index (χ4v) is 1.90. The van der Waals surface area contributed by atoms with Crippen LogP contribution in [0.25, 0.3) is 0 Å². The number of likely N-dealkylation sites (tertiary alicyclic amines) is 1. The van der Waals surface area contributed by atoms with E-state index in [0.29, 0.717) is 19.7 Å². The summed E-state index contributed by atoms with van der Waals surface area (Å²) in [5, 5.41) is 3.02. The molecule has 2 unspecified atom stereocenters. The first-order valence-corrected chi connectivity index (χ1v) is 5.71. The Morgan fingerprint density at radius 2 is 2.31 bits per heavy atom. The number of ether oxygens (including phenoxy) is 1. The molecule has 0 spiro atoms. The Hall–Kier alpha value is -0.680. The van der Waals surface area contributed by atoms with Crippen molar-refractivity contribution >= 4 is 5.91 Å². The maximum Gasteiger partial charge on any atom is 0.240 e. The molecule has 4 nitrogen and oxygen atoms in total. The maximum atomic E-state index is 13.0. The molecule has 16 heavy (non-hydrogen) atoms. The number of alkyl halides is 1. The highest BCUT2D eigenvalue weighted by atomic mass is 19.1. The van der Waals surface area contributed by atoms with E-state index in [1.165, 1.54) is 0 Å². The van der Waals surface area contributed by atoms with Crippen molar-refractivity contribution in [2.75, 3.05) is 26.9 Å². The Morgan fingerprint density at radius 1 is 1.62 bits per heavy atom. The lowest BCUT2D eigenvalue weighted by molar-refractivity contribution is -0.134. The molecule has 0 aromatic carbocycles. The minimum absolute atomic E-state index is 0.0211. The Labute approximate surface area is 96.1 Å². The van der Waals surface area contributed by atoms with Crippen LogP contribution in [-0.2, 0) is 9.53 Å². The highest BCUT2D eigenvalue weighted by Gasteiger charge is 2.31. The van der Waals surface area contributed by atoms with Gasteiger partial charge < -0.3 is 9.64 Å². The van der Waals surface area contributed by atoms with Gasteiger partial charge in [-0.15, -0.1) is 0 Å². The number of amides is 1. The smallest absolute Gasteiger partial charge is 0.240 e. The lowest BCUT2D eigenvalue weighted by Gasteiger charge is -2.26. The summed E-state index contributed by atoms with van der Waals surface area (Å²) in [6, 6.07) is -0.287. The molecular formula is C11H21FN2O2. The van der Waals surface area contributed by atoms with Gasteiger partial charge in [-0.05, 0) is 12.3 Å². The van der Waals surface area contributed by atoms with Crippen LogP contribution in [0.2, 0.25) is 0 Å². The maximum absolute atomic E-state index is 13.0. The minimum atomic E-state index is -0.862. The highest BCUT2D eigenvalue weighted by Crippen LogP contribution is 2.15. The second-order valence-electron chi connectivity index (χ2n) is 4.53. The van der Waals surface area contributed by atoms with E-state index in [-0.39, 0.29) is 24.4 Å². The lowest BCUT2D eigenvalue weighted by atomic mass is 10.0. The number of rotatable bonds is 5. The molecule has 1 aliphatic heterocycles. The molecule has 0 aromatic heterocycles. The molecule has 1 saturated heterocycles. The molecular weight excluding hydrogens is 211 g/mol. The average molecular weight is 232 g/mol. The van der Waals surface area contributed by atoms with Gasteiger partial charge in [0.2, 0.25) is 5.91 Å². The van der Waals surface area contributed by atoms with Crippen molar-refractivity contribution in [3.8, 4) is 0 Å². The predicted octanol–water partition coefficient (Wildman–Crippen LogP) is 0.775. The number of nitrogens with zero attached hydrogens (tertiary/aromatic N) is 1. The van der Waals surface area contributed by atoms with Gasteiger partial charge in [-0.25, -0.2) is 4.39 Å². The Morgan fingerprint density at radius 3 is 2.75 bits per heavy atom. The SMILES string of the molecule is COCNC(C(=O)N1CCC(F)C1)C(C)C. The molecule has 0 aliphatic carbocycles. The Balaban J connectivity index is 2.53. The van der Waals surface area contributed by atoms with Crippen LogP contribution in [0.1, 0.15) is 20.3 Å². The van der Waals surface area contributed by atoms with E-state index >= 15 is 0 Å². The summed E-state index contributed by atoms with van der Waals surface area (Å²) < 4.78 is 17.9. The number of nitrogens with one attached hydrogen (secondary N) is 1. The van der Waals surface area contributed by atoms with E-state index in [9.17, 15) is 9.18 Å². The largest absolute Gasteiger partial charge is 0.370 e. The monoisotopic (exact) mass is 232 g/mol. The zero-order valence-corrected chi connectivity index (χ0v) is 10.2. The van der Waals surface area contributed by atoms with Crippen LogP contribution in [-0.4, -0.2) is 50.0 Å². The summed E-state index contributed by atoms with van der Waals surface area (Å²) in [6.07, 6.45) is -0.403. The zero-order chi connectivity index (χ0) is 12.1. The molecule has 5 heteroatoms. The summed E-state index contributed by atoms with van der Waals surface area (Å²) in [5.74, 6) is 0.147. The molecule has 1 heterocycles. The first-order chi connectivity index (χ1) is 7.56. The summed E-state index contributed by atoms with van der Waals surface area (Å²) in [6.45, 7) is 5.03. The van der Waals surface area contributed by atoms with Gasteiger partial charge in [-0.3, -0.25) is 10.1 Å². The van der Waals surface area contributed by atoms with Gasteiger partial charge in [0.15, 0.2) is 0 Å². The van der Waals surface area contributed by atoms with E-state index in [4.69, 9.17) is 4.74 Å². The van der Waals surface area contributed by atoms with Crippen LogP contribution >= 0.6 is 0 Å². The molecule has 1 N–H and O–H groups in total. The lowest BCUT2D eigenvalue weighted by Crippen LogP contribution is -2.49. The van der Waals surface area contributed by atoms with Crippen LogP contribution in [0.3, 0.4) is 0 Å². The minimum Gasteiger partial charge on any atom is -0.370 e. The van der Waals surface area contributed by atoms with Crippen LogP contribution in [0.4, 0.5) is 4.39 Å². The van der Waals surface area contributed by atoms with Crippen LogP contribution in [0.15, 0.2) is 0 Å². The highest BCUT2D eigenvalue weighted by molar-refractivity contribution is 5.82. The molecule has 94 valence electrons. The number of halogens is 1. The third-order valence-corrected chi connectivity index (χ3v) is 2.82. The molecule has 1 fully saturated rings. The summed E-state index contributed by atoms with van der Waals surface area (Å²) in [5.41, 5.74) is 0. The van der Waals surface area contributed by atoms with Gasteiger partial charge in [0, 0.05) is 13.7 Å². The fourth-order valence-electron chi connectivity index (χ4n) is 1.90. The average Bonchev–Trinajstić information content (AvgIpc) is 2.64. The predicted molar refractivity (Wildman–Crippen MR) is 59.7 cm³/mol.